The van der Waals surface area contributed by atoms with Gasteiger partial charge in [0, 0.05) is 18.6 Å². The zero-order valence-corrected chi connectivity index (χ0v) is 18.4. The molecule has 5 heteroatoms. The van der Waals surface area contributed by atoms with E-state index in [1.165, 1.54) is 64.2 Å². The van der Waals surface area contributed by atoms with E-state index in [1.807, 2.05) is 29.1 Å². The highest BCUT2D eigenvalue weighted by Crippen LogP contribution is 2.55. The third kappa shape index (κ3) is 3.56. The van der Waals surface area contributed by atoms with Gasteiger partial charge < -0.3 is 10.2 Å². The molecule has 1 aromatic carbocycles. The molecule has 5 nitrogen and oxygen atoms in total. The molecule has 164 valence electrons. The smallest absolute Gasteiger partial charge is 0.257 e. The zero-order chi connectivity index (χ0) is 20.8. The Morgan fingerprint density at radius 1 is 0.903 bits per heavy atom. The van der Waals surface area contributed by atoms with Gasteiger partial charge in [-0.25, -0.2) is 4.68 Å². The quantitative estimate of drug-likeness (QED) is 0.764. The van der Waals surface area contributed by atoms with Crippen LogP contribution in [0.3, 0.4) is 0 Å². The van der Waals surface area contributed by atoms with Gasteiger partial charge in [0.05, 0.1) is 11.9 Å². The van der Waals surface area contributed by atoms with E-state index in [1.54, 1.807) is 0 Å². The van der Waals surface area contributed by atoms with E-state index in [0.717, 1.165) is 47.9 Å². The van der Waals surface area contributed by atoms with Crippen LogP contribution < -0.4 is 10.2 Å². The fourth-order valence-electron chi connectivity index (χ4n) is 7.42. The molecule has 1 aromatic heterocycles. The molecule has 0 spiro atoms. The lowest BCUT2D eigenvalue weighted by Crippen LogP contribution is -2.59. The summed E-state index contributed by atoms with van der Waals surface area (Å²) >= 11 is 0. The van der Waals surface area contributed by atoms with E-state index in [0.29, 0.717) is 0 Å². The Labute approximate surface area is 185 Å². The summed E-state index contributed by atoms with van der Waals surface area (Å²) in [5.41, 5.74) is 1.80. The van der Waals surface area contributed by atoms with Crippen LogP contribution in [0.1, 0.15) is 74.6 Å². The zero-order valence-electron chi connectivity index (χ0n) is 18.4. The Hall–Kier alpha value is -2.30. The monoisotopic (exact) mass is 418 g/mol. The van der Waals surface area contributed by atoms with E-state index >= 15 is 0 Å². The minimum atomic E-state index is 0.0245. The number of anilines is 1. The van der Waals surface area contributed by atoms with Crippen LogP contribution in [0.2, 0.25) is 0 Å². The molecular weight excluding hydrogens is 384 g/mol. The minimum absolute atomic E-state index is 0.0245. The topological polar surface area (TPSA) is 50.2 Å². The number of hydrogen-bond acceptors (Lipinski definition) is 3. The summed E-state index contributed by atoms with van der Waals surface area (Å²) in [6.07, 6.45) is 14.4. The molecule has 5 aliphatic rings. The average molecular weight is 419 g/mol. The molecule has 1 amide bonds. The highest BCUT2D eigenvalue weighted by molar-refractivity contribution is 5.99. The molecule has 4 aliphatic carbocycles. The van der Waals surface area contributed by atoms with Crippen molar-refractivity contribution in [3.05, 3.63) is 42.1 Å². The summed E-state index contributed by atoms with van der Waals surface area (Å²) in [6.45, 7) is 1.99. The molecule has 2 heterocycles. The predicted molar refractivity (Wildman–Crippen MR) is 123 cm³/mol. The molecule has 4 bridgehead atoms. The largest absolute Gasteiger partial charge is 0.356 e. The van der Waals surface area contributed by atoms with Gasteiger partial charge in [-0.1, -0.05) is 31.0 Å². The first-order chi connectivity index (χ1) is 15.2. The highest BCUT2D eigenvalue weighted by Gasteiger charge is 2.51. The number of benzene rings is 1. The van der Waals surface area contributed by atoms with Crippen LogP contribution in [0.5, 0.6) is 0 Å². The maximum Gasteiger partial charge on any atom is 0.257 e. The second kappa shape index (κ2) is 7.68. The van der Waals surface area contributed by atoms with Crippen molar-refractivity contribution >= 4 is 11.7 Å². The fourth-order valence-corrected chi connectivity index (χ4v) is 7.42. The van der Waals surface area contributed by atoms with Crippen LogP contribution in [0.15, 0.2) is 36.5 Å². The number of nitrogens with zero attached hydrogens (tertiary/aromatic N) is 3. The van der Waals surface area contributed by atoms with E-state index in [2.05, 4.69) is 22.3 Å². The van der Waals surface area contributed by atoms with Crippen molar-refractivity contribution in [2.75, 3.05) is 18.0 Å². The first-order valence-electron chi connectivity index (χ1n) is 12.4. The summed E-state index contributed by atoms with van der Waals surface area (Å²) in [7, 11) is 0. The highest BCUT2D eigenvalue weighted by atomic mass is 16.2. The number of carbonyl (C=O) groups is 1. The number of hydrogen-bond donors (Lipinski definition) is 1. The first-order valence-corrected chi connectivity index (χ1v) is 12.4. The molecule has 1 saturated heterocycles. The molecule has 2 aromatic rings. The number of nitrogens with one attached hydrogen (secondary N) is 1. The summed E-state index contributed by atoms with van der Waals surface area (Å²) in [5, 5.41) is 8.30. The molecule has 0 radical (unpaired) electrons. The Morgan fingerprint density at radius 3 is 2.13 bits per heavy atom. The maximum absolute atomic E-state index is 13.7. The Bertz CT molecular complexity index is 906. The van der Waals surface area contributed by atoms with Crippen molar-refractivity contribution in [2.24, 2.45) is 17.8 Å². The van der Waals surface area contributed by atoms with Crippen LogP contribution in [0.4, 0.5) is 5.82 Å². The lowest BCUT2D eigenvalue weighted by atomic mass is 9.53. The molecular formula is C26H34N4O. The Balaban J connectivity index is 1.34. The van der Waals surface area contributed by atoms with Gasteiger partial charge >= 0.3 is 0 Å². The van der Waals surface area contributed by atoms with Gasteiger partial charge in [-0.15, -0.1) is 0 Å². The lowest BCUT2D eigenvalue weighted by Gasteiger charge is -2.56. The van der Waals surface area contributed by atoms with Gasteiger partial charge in [0.2, 0.25) is 0 Å². The Kier molecular flexibility index (Phi) is 4.81. The van der Waals surface area contributed by atoms with Crippen molar-refractivity contribution < 1.29 is 4.79 Å². The van der Waals surface area contributed by atoms with Gasteiger partial charge in [-0.05, 0) is 81.3 Å². The van der Waals surface area contributed by atoms with Gasteiger partial charge in [-0.2, -0.15) is 5.10 Å². The van der Waals surface area contributed by atoms with E-state index < -0.39 is 0 Å². The molecule has 1 N–H and O–H groups in total. The Morgan fingerprint density at radius 2 is 1.52 bits per heavy atom. The first kappa shape index (κ1) is 19.4. The number of aromatic nitrogens is 2. The summed E-state index contributed by atoms with van der Waals surface area (Å²) < 4.78 is 1.99. The molecule has 31 heavy (non-hydrogen) atoms. The average Bonchev–Trinajstić information content (AvgIpc) is 3.02. The summed E-state index contributed by atoms with van der Waals surface area (Å²) in [6, 6.07) is 10.3. The number of rotatable bonds is 4. The molecule has 4 saturated carbocycles. The van der Waals surface area contributed by atoms with E-state index in [-0.39, 0.29) is 11.4 Å². The van der Waals surface area contributed by atoms with Crippen LogP contribution >= 0.6 is 0 Å². The molecule has 0 atom stereocenters. The SMILES string of the molecule is O=C(NC12CC3CC(CC(C3)C1)C2)c1cnn(-c2ccccc2)c1N1CCCCCC1. The van der Waals surface area contributed by atoms with Crippen molar-refractivity contribution in [2.45, 2.75) is 69.7 Å². The third-order valence-electron chi connectivity index (χ3n) is 8.31. The third-order valence-corrected chi connectivity index (χ3v) is 8.31. The minimum Gasteiger partial charge on any atom is -0.356 e. The van der Waals surface area contributed by atoms with Crippen LogP contribution in [0, 0.1) is 17.8 Å². The molecule has 5 fully saturated rings. The molecule has 0 unspecified atom stereocenters. The van der Waals surface area contributed by atoms with Crippen LogP contribution in [0.25, 0.3) is 5.69 Å². The van der Waals surface area contributed by atoms with Gasteiger partial charge in [0.15, 0.2) is 0 Å². The van der Waals surface area contributed by atoms with Crippen molar-refractivity contribution in [3.8, 4) is 5.69 Å². The van der Waals surface area contributed by atoms with Crippen molar-refractivity contribution in [3.63, 3.8) is 0 Å². The van der Waals surface area contributed by atoms with Crippen molar-refractivity contribution in [1.82, 2.24) is 15.1 Å². The fraction of sp³-hybridized carbons (Fsp3) is 0.615. The molecule has 7 rings (SSSR count). The summed E-state index contributed by atoms with van der Waals surface area (Å²) in [4.78, 5) is 16.1. The van der Waals surface area contributed by atoms with E-state index in [9.17, 15) is 4.79 Å². The van der Waals surface area contributed by atoms with Gasteiger partial charge in [0.25, 0.3) is 5.91 Å². The van der Waals surface area contributed by atoms with Gasteiger partial charge in [0.1, 0.15) is 11.4 Å². The van der Waals surface area contributed by atoms with Gasteiger partial charge in [-0.3, -0.25) is 4.79 Å². The normalized spacial score (nSPS) is 32.1. The second-order valence-corrected chi connectivity index (χ2v) is 10.7. The summed E-state index contributed by atoms with van der Waals surface area (Å²) in [5.74, 6) is 3.54. The van der Waals surface area contributed by atoms with Crippen LogP contribution in [-0.2, 0) is 0 Å². The number of carbonyl (C=O) groups excluding carboxylic acids is 1. The van der Waals surface area contributed by atoms with Crippen LogP contribution in [-0.4, -0.2) is 34.3 Å². The standard InChI is InChI=1S/C26H34N4O/c31-24(28-26-15-19-12-20(16-26)14-21(13-19)17-26)23-18-27-30(22-8-4-3-5-9-22)25(23)29-10-6-1-2-7-11-29/h3-5,8-9,18-21H,1-2,6-7,10-17H2,(H,28,31). The maximum atomic E-state index is 13.7. The predicted octanol–water partition coefficient (Wildman–Crippen LogP) is 4.95. The van der Waals surface area contributed by atoms with E-state index in [4.69, 9.17) is 5.10 Å². The number of amides is 1. The number of para-hydroxylation sites is 1. The molecule has 1 aliphatic heterocycles. The second-order valence-electron chi connectivity index (χ2n) is 10.7. The van der Waals surface area contributed by atoms with Crippen molar-refractivity contribution in [1.29, 1.82) is 0 Å². The lowest BCUT2D eigenvalue weighted by molar-refractivity contribution is -0.0166.